The molecule has 0 radical (unpaired) electrons. The van der Waals surface area contributed by atoms with E-state index in [9.17, 15) is 14.9 Å². The van der Waals surface area contributed by atoms with Crippen LogP contribution < -0.4 is 5.56 Å². The van der Waals surface area contributed by atoms with E-state index < -0.39 is 0 Å². The van der Waals surface area contributed by atoms with Crippen molar-refractivity contribution in [3.8, 4) is 6.07 Å². The second-order valence-electron chi connectivity index (χ2n) is 6.15. The van der Waals surface area contributed by atoms with Gasteiger partial charge in [-0.15, -0.1) is 0 Å². The Balaban J connectivity index is 2.17. The molecule has 1 N–H and O–H groups in total. The molecular weight excluding hydrogens is 306 g/mol. The van der Waals surface area contributed by atoms with Gasteiger partial charge in [0.1, 0.15) is 11.6 Å². The quantitative estimate of drug-likeness (QED) is 0.928. The molecule has 0 saturated heterocycles. The standard InChI is InChI=1S/C17H19N5O2/c1-4-13(23)21-6-5-11(9-21)15-14(10(2)3)17(24)22-16(20-15)12(7-18)8-19-22/h5,8,10,19H,4,6,9H2,1-3H3. The lowest BCUT2D eigenvalue weighted by Crippen LogP contribution is -2.29. The lowest BCUT2D eigenvalue weighted by Gasteiger charge is -2.17. The maximum atomic E-state index is 12.8. The molecule has 3 rings (SSSR count). The molecule has 2 aromatic heterocycles. The summed E-state index contributed by atoms with van der Waals surface area (Å²) in [6.07, 6.45) is 3.87. The summed E-state index contributed by atoms with van der Waals surface area (Å²) in [7, 11) is 0. The van der Waals surface area contributed by atoms with E-state index in [1.165, 1.54) is 10.7 Å². The molecule has 0 bridgehead atoms. The molecule has 1 aliphatic rings. The monoisotopic (exact) mass is 325 g/mol. The molecule has 124 valence electrons. The summed E-state index contributed by atoms with van der Waals surface area (Å²) in [5.41, 5.74) is 2.50. The van der Waals surface area contributed by atoms with Crippen molar-refractivity contribution in [2.75, 3.05) is 13.1 Å². The molecule has 7 heteroatoms. The first-order valence-corrected chi connectivity index (χ1v) is 7.99. The Hall–Kier alpha value is -2.88. The summed E-state index contributed by atoms with van der Waals surface area (Å²) in [4.78, 5) is 31.1. The molecule has 1 aliphatic heterocycles. The third-order valence-corrected chi connectivity index (χ3v) is 4.27. The highest BCUT2D eigenvalue weighted by Gasteiger charge is 2.26. The van der Waals surface area contributed by atoms with Gasteiger partial charge < -0.3 is 4.90 Å². The van der Waals surface area contributed by atoms with Crippen LogP contribution in [0.5, 0.6) is 0 Å². The number of nitriles is 1. The second-order valence-corrected chi connectivity index (χ2v) is 6.15. The van der Waals surface area contributed by atoms with Gasteiger partial charge in [-0.25, -0.2) is 9.50 Å². The number of carbonyl (C=O) groups excluding carboxylic acids is 1. The second kappa shape index (κ2) is 5.96. The molecule has 1 amide bonds. The maximum absolute atomic E-state index is 12.8. The Bertz CT molecular complexity index is 942. The Kier molecular flexibility index (Phi) is 3.97. The first-order chi connectivity index (χ1) is 11.5. The molecule has 0 fully saturated rings. The SMILES string of the molecule is CCC(=O)N1CC=C(c2nc3c(C#N)c[nH]n3c(=O)c2C(C)C)C1. The summed E-state index contributed by atoms with van der Waals surface area (Å²) in [5, 5.41) is 12.0. The number of amides is 1. The molecule has 0 aromatic carbocycles. The molecule has 3 heterocycles. The van der Waals surface area contributed by atoms with Crippen molar-refractivity contribution >= 4 is 17.1 Å². The Morgan fingerprint density at radius 3 is 2.88 bits per heavy atom. The summed E-state index contributed by atoms with van der Waals surface area (Å²) < 4.78 is 1.31. The number of aromatic amines is 1. The van der Waals surface area contributed by atoms with Crippen molar-refractivity contribution in [3.05, 3.63) is 39.4 Å². The van der Waals surface area contributed by atoms with Crippen LogP contribution in [0.2, 0.25) is 0 Å². The number of nitrogens with zero attached hydrogens (tertiary/aromatic N) is 4. The van der Waals surface area contributed by atoms with Crippen LogP contribution in [-0.4, -0.2) is 38.5 Å². The number of rotatable bonds is 3. The molecule has 0 spiro atoms. The molecule has 0 unspecified atom stereocenters. The minimum atomic E-state index is -0.201. The van der Waals surface area contributed by atoms with Gasteiger partial charge in [-0.3, -0.25) is 14.7 Å². The molecule has 0 atom stereocenters. The van der Waals surface area contributed by atoms with Crippen LogP contribution in [0.1, 0.15) is 49.9 Å². The van der Waals surface area contributed by atoms with E-state index in [1.807, 2.05) is 32.9 Å². The topological polar surface area (TPSA) is 94.3 Å². The van der Waals surface area contributed by atoms with Gasteiger partial charge in [0.2, 0.25) is 5.91 Å². The summed E-state index contributed by atoms with van der Waals surface area (Å²) in [6, 6.07) is 2.04. The first kappa shape index (κ1) is 16.0. The third-order valence-electron chi connectivity index (χ3n) is 4.27. The molecule has 7 nitrogen and oxygen atoms in total. The summed E-state index contributed by atoms with van der Waals surface area (Å²) >= 11 is 0. The van der Waals surface area contributed by atoms with E-state index in [-0.39, 0.29) is 17.4 Å². The van der Waals surface area contributed by atoms with E-state index in [1.54, 1.807) is 4.90 Å². The third kappa shape index (κ3) is 2.40. The van der Waals surface area contributed by atoms with Gasteiger partial charge >= 0.3 is 0 Å². The highest BCUT2D eigenvalue weighted by Crippen LogP contribution is 2.26. The minimum Gasteiger partial charge on any atom is -0.335 e. The predicted octanol–water partition coefficient (Wildman–Crippen LogP) is 1.65. The van der Waals surface area contributed by atoms with Crippen molar-refractivity contribution in [3.63, 3.8) is 0 Å². The largest absolute Gasteiger partial charge is 0.335 e. The molecule has 24 heavy (non-hydrogen) atoms. The zero-order valence-corrected chi connectivity index (χ0v) is 14.0. The maximum Gasteiger partial charge on any atom is 0.276 e. The average Bonchev–Trinajstić information content (AvgIpc) is 3.20. The van der Waals surface area contributed by atoms with Gasteiger partial charge in [-0.05, 0) is 11.5 Å². The van der Waals surface area contributed by atoms with Crippen LogP contribution in [0.3, 0.4) is 0 Å². The highest BCUT2D eigenvalue weighted by molar-refractivity contribution is 5.82. The fraction of sp³-hybridized carbons (Fsp3) is 0.412. The Labute approximate surface area is 139 Å². The number of H-pyrrole nitrogens is 1. The van der Waals surface area contributed by atoms with E-state index in [0.29, 0.717) is 42.0 Å². The molecule has 2 aromatic rings. The average molecular weight is 325 g/mol. The van der Waals surface area contributed by atoms with Gasteiger partial charge in [0.15, 0.2) is 5.65 Å². The molecule has 0 saturated carbocycles. The fourth-order valence-corrected chi connectivity index (χ4v) is 3.02. The number of hydrogen-bond acceptors (Lipinski definition) is 4. The van der Waals surface area contributed by atoms with E-state index in [0.717, 1.165) is 5.57 Å². The Morgan fingerprint density at radius 1 is 1.50 bits per heavy atom. The first-order valence-electron chi connectivity index (χ1n) is 7.99. The van der Waals surface area contributed by atoms with Crippen molar-refractivity contribution in [2.45, 2.75) is 33.1 Å². The lowest BCUT2D eigenvalue weighted by atomic mass is 9.98. The van der Waals surface area contributed by atoms with Gasteiger partial charge in [0, 0.05) is 31.3 Å². The van der Waals surface area contributed by atoms with Crippen LogP contribution in [-0.2, 0) is 4.79 Å². The molecular formula is C17H19N5O2. The van der Waals surface area contributed by atoms with E-state index in [4.69, 9.17) is 0 Å². The van der Waals surface area contributed by atoms with Crippen molar-refractivity contribution in [1.29, 1.82) is 5.26 Å². The van der Waals surface area contributed by atoms with Crippen LogP contribution in [0.4, 0.5) is 0 Å². The number of fused-ring (bicyclic) bond motifs is 1. The minimum absolute atomic E-state index is 0.0254. The van der Waals surface area contributed by atoms with Gasteiger partial charge in [0.05, 0.1) is 5.69 Å². The fourth-order valence-electron chi connectivity index (χ4n) is 3.02. The van der Waals surface area contributed by atoms with Crippen molar-refractivity contribution in [2.24, 2.45) is 0 Å². The predicted molar refractivity (Wildman–Crippen MR) is 89.5 cm³/mol. The van der Waals surface area contributed by atoms with Crippen LogP contribution >= 0.6 is 0 Å². The lowest BCUT2D eigenvalue weighted by molar-refractivity contribution is -0.129. The zero-order chi connectivity index (χ0) is 17.4. The van der Waals surface area contributed by atoms with E-state index in [2.05, 4.69) is 10.1 Å². The van der Waals surface area contributed by atoms with Crippen molar-refractivity contribution in [1.82, 2.24) is 19.5 Å². The summed E-state index contributed by atoms with van der Waals surface area (Å²) in [5.74, 6) is 0.0482. The highest BCUT2D eigenvalue weighted by atomic mass is 16.2. The number of aromatic nitrogens is 3. The Morgan fingerprint density at radius 2 is 2.25 bits per heavy atom. The number of hydrogen-bond donors (Lipinski definition) is 1. The summed E-state index contributed by atoms with van der Waals surface area (Å²) in [6.45, 7) is 6.68. The van der Waals surface area contributed by atoms with E-state index >= 15 is 0 Å². The normalized spacial score (nSPS) is 14.3. The molecule has 0 aliphatic carbocycles. The van der Waals surface area contributed by atoms with Crippen LogP contribution in [0.15, 0.2) is 17.1 Å². The van der Waals surface area contributed by atoms with Crippen LogP contribution in [0, 0.1) is 11.3 Å². The smallest absolute Gasteiger partial charge is 0.276 e. The van der Waals surface area contributed by atoms with Crippen molar-refractivity contribution < 1.29 is 4.79 Å². The van der Waals surface area contributed by atoms with Gasteiger partial charge in [-0.2, -0.15) is 5.26 Å². The number of carbonyl (C=O) groups is 1. The van der Waals surface area contributed by atoms with Crippen LogP contribution in [0.25, 0.3) is 11.2 Å². The zero-order valence-electron chi connectivity index (χ0n) is 14.0. The number of nitrogens with one attached hydrogen (secondary N) is 1. The van der Waals surface area contributed by atoms with Gasteiger partial charge in [-0.1, -0.05) is 26.8 Å². The van der Waals surface area contributed by atoms with Gasteiger partial charge in [0.25, 0.3) is 5.56 Å².